The molecule has 0 spiro atoms. The van der Waals surface area contributed by atoms with Crippen molar-refractivity contribution in [3.8, 4) is 0 Å². The van der Waals surface area contributed by atoms with Gasteiger partial charge in [0.25, 0.3) is 5.92 Å². The molecule has 6 heteroatoms. The zero-order chi connectivity index (χ0) is 22.7. The van der Waals surface area contributed by atoms with E-state index < -0.39 is 11.8 Å². The minimum Gasteiger partial charge on any atom is -0.343 e. The maximum atomic E-state index is 15.1. The molecule has 2 heterocycles. The van der Waals surface area contributed by atoms with Crippen LogP contribution in [-0.2, 0) is 4.79 Å². The zero-order valence-corrected chi connectivity index (χ0v) is 20.4. The van der Waals surface area contributed by atoms with E-state index in [9.17, 15) is 4.79 Å². The van der Waals surface area contributed by atoms with Crippen LogP contribution in [0.1, 0.15) is 84.5 Å². The molecule has 2 atom stereocenters. The van der Waals surface area contributed by atoms with E-state index in [2.05, 4.69) is 23.6 Å². The lowest BCUT2D eigenvalue weighted by molar-refractivity contribution is -0.151. The molecular weight excluding hydrogens is 408 g/mol. The fraction of sp³-hybridized carbons (Fsp3) is 0.962. The molecule has 1 unspecified atom stereocenters. The molecule has 1 amide bonds. The smallest absolute Gasteiger partial charge is 0.252 e. The van der Waals surface area contributed by atoms with Gasteiger partial charge >= 0.3 is 0 Å². The average Bonchev–Trinajstić information content (AvgIpc) is 2.81. The van der Waals surface area contributed by atoms with E-state index in [1.807, 2.05) is 4.90 Å². The van der Waals surface area contributed by atoms with Gasteiger partial charge in [-0.2, -0.15) is 0 Å². The first-order chi connectivity index (χ1) is 15.3. The Balaban J connectivity index is 1.33. The number of carbonyl (C=O) groups is 1. The number of hydrogen-bond acceptors (Lipinski definition) is 3. The Morgan fingerprint density at radius 1 is 0.844 bits per heavy atom. The van der Waals surface area contributed by atoms with E-state index in [0.29, 0.717) is 12.5 Å². The first kappa shape index (κ1) is 24.4. The van der Waals surface area contributed by atoms with E-state index in [0.717, 1.165) is 70.4 Å². The van der Waals surface area contributed by atoms with Crippen molar-refractivity contribution in [2.45, 2.75) is 102 Å². The second-order valence-electron chi connectivity index (χ2n) is 11.3. The van der Waals surface area contributed by atoms with Crippen LogP contribution in [0.3, 0.4) is 0 Å². The van der Waals surface area contributed by atoms with E-state index in [1.54, 1.807) is 0 Å². The fourth-order valence-electron chi connectivity index (χ4n) is 7.07. The molecule has 32 heavy (non-hydrogen) atoms. The molecule has 4 nitrogen and oxygen atoms in total. The summed E-state index contributed by atoms with van der Waals surface area (Å²) in [4.78, 5) is 19.8. The summed E-state index contributed by atoms with van der Waals surface area (Å²) in [5.74, 6) is -2.01. The van der Waals surface area contributed by atoms with Crippen molar-refractivity contribution in [1.29, 1.82) is 0 Å². The van der Waals surface area contributed by atoms with Crippen LogP contribution in [0.2, 0.25) is 0 Å². The highest BCUT2D eigenvalue weighted by atomic mass is 19.3. The lowest BCUT2D eigenvalue weighted by atomic mass is 9.75. The van der Waals surface area contributed by atoms with Crippen LogP contribution in [0.4, 0.5) is 8.78 Å². The fourth-order valence-corrected chi connectivity index (χ4v) is 7.07. The van der Waals surface area contributed by atoms with Gasteiger partial charge in [-0.25, -0.2) is 8.78 Å². The number of alkyl halides is 2. The normalized spacial score (nSPS) is 31.8. The van der Waals surface area contributed by atoms with Crippen LogP contribution in [-0.4, -0.2) is 77.9 Å². The highest BCUT2D eigenvalue weighted by Crippen LogP contribution is 2.43. The number of carbonyl (C=O) groups excluding carboxylic acids is 1. The second-order valence-corrected chi connectivity index (χ2v) is 11.3. The number of piperazine rings is 1. The summed E-state index contributed by atoms with van der Waals surface area (Å²) in [6, 6.07) is 0.343. The van der Waals surface area contributed by atoms with Gasteiger partial charge in [-0.1, -0.05) is 32.1 Å². The van der Waals surface area contributed by atoms with Crippen molar-refractivity contribution in [2.24, 2.45) is 17.8 Å². The van der Waals surface area contributed by atoms with Crippen molar-refractivity contribution >= 4 is 5.91 Å². The van der Waals surface area contributed by atoms with Crippen molar-refractivity contribution < 1.29 is 13.6 Å². The lowest BCUT2D eigenvalue weighted by Gasteiger charge is -2.47. The van der Waals surface area contributed by atoms with Gasteiger partial charge in [-0.05, 0) is 51.4 Å². The summed E-state index contributed by atoms with van der Waals surface area (Å²) in [5, 5.41) is 0. The predicted octanol–water partition coefficient (Wildman–Crippen LogP) is 5.03. The van der Waals surface area contributed by atoms with Crippen LogP contribution < -0.4 is 0 Å². The Bertz CT molecular complexity index is 606. The lowest BCUT2D eigenvalue weighted by Crippen LogP contribution is -2.58. The number of piperidine rings is 1. The van der Waals surface area contributed by atoms with Crippen molar-refractivity contribution in [3.63, 3.8) is 0 Å². The summed E-state index contributed by atoms with van der Waals surface area (Å²) in [6.45, 7) is 9.51. The van der Waals surface area contributed by atoms with Crippen molar-refractivity contribution in [3.05, 3.63) is 0 Å². The molecule has 2 saturated carbocycles. The highest BCUT2D eigenvalue weighted by molar-refractivity contribution is 5.76. The van der Waals surface area contributed by atoms with Crippen molar-refractivity contribution in [1.82, 2.24) is 14.7 Å². The number of halogens is 2. The van der Waals surface area contributed by atoms with Gasteiger partial charge in [0.05, 0.1) is 0 Å². The van der Waals surface area contributed by atoms with Gasteiger partial charge in [0.15, 0.2) is 0 Å². The highest BCUT2D eigenvalue weighted by Gasteiger charge is 2.50. The summed E-state index contributed by atoms with van der Waals surface area (Å²) in [7, 11) is 0. The quantitative estimate of drug-likeness (QED) is 0.584. The van der Waals surface area contributed by atoms with Crippen molar-refractivity contribution in [2.75, 3.05) is 39.3 Å². The maximum Gasteiger partial charge on any atom is 0.252 e. The third kappa shape index (κ3) is 5.65. The number of likely N-dealkylation sites (tertiary alicyclic amines) is 1. The Labute approximate surface area is 194 Å². The zero-order valence-electron chi connectivity index (χ0n) is 20.4. The second kappa shape index (κ2) is 10.7. The largest absolute Gasteiger partial charge is 0.343 e. The van der Waals surface area contributed by atoms with Gasteiger partial charge in [0.2, 0.25) is 5.91 Å². The minimum absolute atomic E-state index is 0.0236. The number of amides is 1. The topological polar surface area (TPSA) is 26.8 Å². The molecule has 0 radical (unpaired) electrons. The Morgan fingerprint density at radius 3 is 2.09 bits per heavy atom. The third-order valence-corrected chi connectivity index (χ3v) is 9.17. The van der Waals surface area contributed by atoms with Crippen LogP contribution in [0.25, 0.3) is 0 Å². The van der Waals surface area contributed by atoms with E-state index >= 15 is 8.78 Å². The minimum atomic E-state index is -2.73. The Kier molecular flexibility index (Phi) is 8.13. The number of hydrogen-bond donors (Lipinski definition) is 0. The first-order valence-electron chi connectivity index (χ1n) is 13.5. The summed E-state index contributed by atoms with van der Waals surface area (Å²) in [6.07, 6.45) is 10.2. The van der Waals surface area contributed by atoms with E-state index in [-0.39, 0.29) is 24.8 Å². The van der Waals surface area contributed by atoms with E-state index in [1.165, 1.54) is 32.1 Å². The van der Waals surface area contributed by atoms with Gasteiger partial charge < -0.3 is 4.90 Å². The van der Waals surface area contributed by atoms with Crippen LogP contribution in [0.5, 0.6) is 0 Å². The third-order valence-electron chi connectivity index (χ3n) is 9.17. The molecule has 4 aliphatic rings. The van der Waals surface area contributed by atoms with Gasteiger partial charge in [-0.3, -0.25) is 14.6 Å². The summed E-state index contributed by atoms with van der Waals surface area (Å²) < 4.78 is 30.2. The molecule has 2 aliphatic carbocycles. The molecule has 0 aromatic carbocycles. The molecule has 0 N–H and O–H groups in total. The number of nitrogens with zero attached hydrogens (tertiary/aromatic N) is 3. The maximum absolute atomic E-state index is 15.1. The monoisotopic (exact) mass is 453 g/mol. The van der Waals surface area contributed by atoms with Crippen LogP contribution in [0.15, 0.2) is 0 Å². The number of rotatable bonds is 5. The molecule has 2 saturated heterocycles. The molecule has 4 fully saturated rings. The molecule has 0 bridgehead atoms. The van der Waals surface area contributed by atoms with Gasteiger partial charge in [0.1, 0.15) is 0 Å². The van der Waals surface area contributed by atoms with Gasteiger partial charge in [0, 0.05) is 70.1 Å². The molecule has 0 aromatic heterocycles. The molecular formula is C26H45F2N3O. The summed E-state index contributed by atoms with van der Waals surface area (Å²) in [5.41, 5.74) is 0. The molecule has 184 valence electrons. The molecule has 4 rings (SSSR count). The summed E-state index contributed by atoms with van der Waals surface area (Å²) >= 11 is 0. The van der Waals surface area contributed by atoms with Gasteiger partial charge in [-0.15, -0.1) is 0 Å². The average molecular weight is 454 g/mol. The molecule has 0 aromatic rings. The Hall–Kier alpha value is -0.750. The Morgan fingerprint density at radius 2 is 1.47 bits per heavy atom. The van der Waals surface area contributed by atoms with Crippen LogP contribution >= 0.6 is 0 Å². The van der Waals surface area contributed by atoms with Crippen LogP contribution in [0, 0.1) is 17.8 Å². The van der Waals surface area contributed by atoms with E-state index in [4.69, 9.17) is 0 Å². The first-order valence-corrected chi connectivity index (χ1v) is 13.5. The predicted molar refractivity (Wildman–Crippen MR) is 125 cm³/mol. The standard InChI is InChI=1S/C26H45F2N3O/c1-20(2)29-15-17-30(18-16-29)24-9-6-12-26(27,28)23(24)19-25(32)31-13-10-22(11-14-31)21-7-4-3-5-8-21/h20-24H,3-19H2,1-2H3/t23?,24-/m0/s1. The molecule has 2 aliphatic heterocycles. The SMILES string of the molecule is CC(C)N1CCN([C@H]2CCCC(F)(F)C2CC(=O)N2CCC(C3CCCCC3)CC2)CC1.